The maximum atomic E-state index is 13.0. The van der Waals surface area contributed by atoms with Gasteiger partial charge in [-0.2, -0.15) is 4.31 Å². The second-order valence-electron chi connectivity index (χ2n) is 7.43. The molecule has 0 radical (unpaired) electrons. The summed E-state index contributed by atoms with van der Waals surface area (Å²) in [6, 6.07) is 22.4. The van der Waals surface area contributed by atoms with Crippen LogP contribution >= 0.6 is 0 Å². The Kier molecular flexibility index (Phi) is 6.13. The Morgan fingerprint density at radius 2 is 1.60 bits per heavy atom. The van der Waals surface area contributed by atoms with Crippen LogP contribution in [0.2, 0.25) is 0 Å². The van der Waals surface area contributed by atoms with Gasteiger partial charge in [0.15, 0.2) is 0 Å². The van der Waals surface area contributed by atoms with Crippen LogP contribution in [0.4, 0.5) is 0 Å². The number of hydroxylamine groups is 1. The van der Waals surface area contributed by atoms with Crippen molar-refractivity contribution in [1.29, 1.82) is 0 Å². The van der Waals surface area contributed by atoms with Gasteiger partial charge in [-0.05, 0) is 41.3 Å². The topological polar surface area (TPSA) is 75.7 Å². The summed E-state index contributed by atoms with van der Waals surface area (Å²) in [7, 11) is -3.59. The first-order valence-corrected chi connectivity index (χ1v) is 11.4. The zero-order valence-electron chi connectivity index (χ0n) is 16.5. The number of piperidine rings is 1. The SMILES string of the molecule is O=C(NOCc1ccccc1)C1CCN(S(=O)(=O)c2ccc3ccccc3c2)CC1. The normalized spacial score (nSPS) is 15.9. The highest BCUT2D eigenvalue weighted by atomic mass is 32.2. The van der Waals surface area contributed by atoms with E-state index in [0.717, 1.165) is 16.3 Å². The quantitative estimate of drug-likeness (QED) is 0.615. The van der Waals surface area contributed by atoms with Crippen molar-refractivity contribution in [2.45, 2.75) is 24.3 Å². The van der Waals surface area contributed by atoms with E-state index in [4.69, 9.17) is 4.84 Å². The van der Waals surface area contributed by atoms with Gasteiger partial charge in [-0.1, -0.05) is 60.7 Å². The molecule has 0 aliphatic carbocycles. The lowest BCUT2D eigenvalue weighted by Gasteiger charge is -2.30. The van der Waals surface area contributed by atoms with Gasteiger partial charge < -0.3 is 0 Å². The van der Waals surface area contributed by atoms with Crippen molar-refractivity contribution in [3.63, 3.8) is 0 Å². The van der Waals surface area contributed by atoms with Crippen molar-refractivity contribution in [3.8, 4) is 0 Å². The Hall–Kier alpha value is -2.74. The minimum absolute atomic E-state index is 0.200. The van der Waals surface area contributed by atoms with E-state index in [1.54, 1.807) is 12.1 Å². The highest BCUT2D eigenvalue weighted by Gasteiger charge is 2.32. The van der Waals surface area contributed by atoms with Gasteiger partial charge in [0, 0.05) is 19.0 Å². The first kappa shape index (κ1) is 20.5. The summed E-state index contributed by atoms with van der Waals surface area (Å²) in [4.78, 5) is 18.0. The third-order valence-electron chi connectivity index (χ3n) is 5.44. The highest BCUT2D eigenvalue weighted by Crippen LogP contribution is 2.26. The predicted molar refractivity (Wildman–Crippen MR) is 115 cm³/mol. The van der Waals surface area contributed by atoms with Gasteiger partial charge in [0.25, 0.3) is 0 Å². The standard InChI is InChI=1S/C23H24N2O4S/c26-23(24-29-17-18-6-2-1-3-7-18)20-12-14-25(15-13-20)30(27,28)22-11-10-19-8-4-5-9-21(19)16-22/h1-11,16,20H,12-15,17H2,(H,24,26). The number of fused-ring (bicyclic) bond motifs is 1. The zero-order valence-corrected chi connectivity index (χ0v) is 17.3. The summed E-state index contributed by atoms with van der Waals surface area (Å²) < 4.78 is 27.5. The van der Waals surface area contributed by atoms with Gasteiger partial charge in [0.2, 0.25) is 15.9 Å². The third kappa shape index (κ3) is 4.53. The van der Waals surface area contributed by atoms with Crippen LogP contribution in [0.15, 0.2) is 77.7 Å². The Bertz CT molecular complexity index is 1120. The van der Waals surface area contributed by atoms with Crippen LogP contribution in [0.25, 0.3) is 10.8 Å². The summed E-state index contributed by atoms with van der Waals surface area (Å²) in [5.74, 6) is -0.461. The van der Waals surface area contributed by atoms with Crippen molar-refractivity contribution < 1.29 is 18.0 Å². The van der Waals surface area contributed by atoms with Gasteiger partial charge in [0.05, 0.1) is 11.5 Å². The minimum atomic E-state index is -3.59. The lowest BCUT2D eigenvalue weighted by molar-refractivity contribution is -0.140. The second kappa shape index (κ2) is 8.95. The predicted octanol–water partition coefficient (Wildman–Crippen LogP) is 3.49. The Balaban J connectivity index is 1.33. The molecule has 1 aliphatic rings. The molecular weight excluding hydrogens is 400 g/mol. The van der Waals surface area contributed by atoms with Gasteiger partial charge in [-0.25, -0.2) is 13.9 Å². The number of benzene rings is 3. The zero-order chi connectivity index (χ0) is 21.0. The molecule has 1 saturated heterocycles. The van der Waals surface area contributed by atoms with E-state index < -0.39 is 10.0 Å². The summed E-state index contributed by atoms with van der Waals surface area (Å²) >= 11 is 0. The summed E-state index contributed by atoms with van der Waals surface area (Å²) in [5.41, 5.74) is 3.47. The van der Waals surface area contributed by atoms with Crippen molar-refractivity contribution in [2.24, 2.45) is 5.92 Å². The maximum Gasteiger partial charge on any atom is 0.246 e. The number of carbonyl (C=O) groups excluding carboxylic acids is 1. The monoisotopic (exact) mass is 424 g/mol. The fourth-order valence-electron chi connectivity index (χ4n) is 3.68. The van der Waals surface area contributed by atoms with Gasteiger partial charge in [-0.15, -0.1) is 0 Å². The van der Waals surface area contributed by atoms with E-state index in [0.29, 0.717) is 32.5 Å². The Labute approximate surface area is 176 Å². The molecule has 4 rings (SSSR count). The maximum absolute atomic E-state index is 13.0. The third-order valence-corrected chi connectivity index (χ3v) is 7.33. The molecule has 30 heavy (non-hydrogen) atoms. The van der Waals surface area contributed by atoms with Crippen LogP contribution in [-0.4, -0.2) is 31.7 Å². The van der Waals surface area contributed by atoms with Crippen LogP contribution < -0.4 is 5.48 Å². The van der Waals surface area contributed by atoms with Gasteiger partial charge >= 0.3 is 0 Å². The van der Waals surface area contributed by atoms with E-state index in [2.05, 4.69) is 5.48 Å². The molecule has 7 heteroatoms. The van der Waals surface area contributed by atoms with Crippen LogP contribution in [0.5, 0.6) is 0 Å². The highest BCUT2D eigenvalue weighted by molar-refractivity contribution is 7.89. The largest absolute Gasteiger partial charge is 0.272 e. The first-order chi connectivity index (χ1) is 14.5. The number of sulfonamides is 1. The number of hydrogen-bond donors (Lipinski definition) is 1. The van der Waals surface area contributed by atoms with Crippen molar-refractivity contribution in [3.05, 3.63) is 78.4 Å². The van der Waals surface area contributed by atoms with Crippen LogP contribution in [0.3, 0.4) is 0 Å². The summed E-state index contributed by atoms with van der Waals surface area (Å²) in [6.45, 7) is 0.916. The smallest absolute Gasteiger partial charge is 0.246 e. The molecule has 1 aliphatic heterocycles. The number of rotatable bonds is 6. The molecule has 1 heterocycles. The van der Waals surface area contributed by atoms with E-state index >= 15 is 0 Å². The number of nitrogens with one attached hydrogen (secondary N) is 1. The fourth-order valence-corrected chi connectivity index (χ4v) is 5.19. The molecule has 0 aromatic heterocycles. The van der Waals surface area contributed by atoms with Crippen LogP contribution in [-0.2, 0) is 26.3 Å². The number of carbonyl (C=O) groups is 1. The molecule has 0 bridgehead atoms. The van der Waals surface area contributed by atoms with Crippen LogP contribution in [0, 0.1) is 5.92 Å². The lowest BCUT2D eigenvalue weighted by Crippen LogP contribution is -2.42. The van der Waals surface area contributed by atoms with Gasteiger partial charge in [-0.3, -0.25) is 9.63 Å². The summed E-state index contributed by atoms with van der Waals surface area (Å²) in [6.07, 6.45) is 0.931. The summed E-state index contributed by atoms with van der Waals surface area (Å²) in [5, 5.41) is 1.89. The van der Waals surface area contributed by atoms with Crippen molar-refractivity contribution in [1.82, 2.24) is 9.79 Å². The molecule has 1 amide bonds. The Morgan fingerprint density at radius 1 is 0.933 bits per heavy atom. The van der Waals surface area contributed by atoms with Crippen molar-refractivity contribution in [2.75, 3.05) is 13.1 Å². The molecule has 1 fully saturated rings. The van der Waals surface area contributed by atoms with E-state index in [-0.39, 0.29) is 16.7 Å². The molecule has 0 atom stereocenters. The number of hydrogen-bond acceptors (Lipinski definition) is 4. The molecule has 0 spiro atoms. The minimum Gasteiger partial charge on any atom is -0.272 e. The molecule has 0 unspecified atom stereocenters. The average molecular weight is 425 g/mol. The van der Waals surface area contributed by atoms with E-state index in [9.17, 15) is 13.2 Å². The molecule has 1 N–H and O–H groups in total. The van der Waals surface area contributed by atoms with Gasteiger partial charge in [0.1, 0.15) is 0 Å². The van der Waals surface area contributed by atoms with E-state index in [1.165, 1.54) is 4.31 Å². The van der Waals surface area contributed by atoms with Crippen molar-refractivity contribution >= 4 is 26.7 Å². The molecular formula is C23H24N2O4S. The average Bonchev–Trinajstić information content (AvgIpc) is 2.79. The van der Waals surface area contributed by atoms with Crippen LogP contribution in [0.1, 0.15) is 18.4 Å². The molecule has 0 saturated carbocycles. The molecule has 156 valence electrons. The molecule has 3 aromatic rings. The molecule has 3 aromatic carbocycles. The second-order valence-corrected chi connectivity index (χ2v) is 9.37. The fraction of sp³-hybridized carbons (Fsp3) is 0.261. The lowest BCUT2D eigenvalue weighted by atomic mass is 9.98. The number of nitrogens with zero attached hydrogens (tertiary/aromatic N) is 1. The number of amides is 1. The Morgan fingerprint density at radius 3 is 2.33 bits per heavy atom. The molecule has 6 nitrogen and oxygen atoms in total. The van der Waals surface area contributed by atoms with E-state index in [1.807, 2.05) is 60.7 Å². The first-order valence-electron chi connectivity index (χ1n) is 9.98.